The largest absolute Gasteiger partial charge is 0.493 e. The summed E-state index contributed by atoms with van der Waals surface area (Å²) in [6, 6.07) is 12.1. The summed E-state index contributed by atoms with van der Waals surface area (Å²) in [5, 5.41) is 4.30. The van der Waals surface area contributed by atoms with E-state index in [1.807, 2.05) is 26.0 Å². The number of hydrogen-bond acceptors (Lipinski definition) is 6. The summed E-state index contributed by atoms with van der Waals surface area (Å²) < 4.78 is 16.7. The molecule has 0 aliphatic rings. The van der Waals surface area contributed by atoms with E-state index < -0.39 is 5.60 Å². The molecule has 0 atom stereocenters. The Labute approximate surface area is 187 Å². The van der Waals surface area contributed by atoms with E-state index in [9.17, 15) is 9.59 Å². The number of carbonyl (C=O) groups excluding carboxylic acids is 2. The Morgan fingerprint density at radius 1 is 1.00 bits per heavy atom. The first-order valence-corrected chi connectivity index (χ1v) is 10.3. The fourth-order valence-corrected chi connectivity index (χ4v) is 3.29. The summed E-state index contributed by atoms with van der Waals surface area (Å²) in [5.41, 5.74) is -0.414. The zero-order valence-electron chi connectivity index (χ0n) is 19.2. The molecule has 3 rings (SSSR count). The van der Waals surface area contributed by atoms with Crippen molar-refractivity contribution in [3.63, 3.8) is 0 Å². The molecule has 1 N–H and O–H groups in total. The molecule has 0 aliphatic heterocycles. The van der Waals surface area contributed by atoms with Gasteiger partial charge in [-0.2, -0.15) is 0 Å². The van der Waals surface area contributed by atoms with Crippen LogP contribution in [0.25, 0.3) is 10.8 Å². The van der Waals surface area contributed by atoms with Crippen molar-refractivity contribution >= 4 is 22.5 Å². The number of fused-ring (bicyclic) bond motifs is 1. The summed E-state index contributed by atoms with van der Waals surface area (Å²) in [4.78, 5) is 30.1. The van der Waals surface area contributed by atoms with Crippen LogP contribution in [0.1, 0.15) is 43.7 Å². The molecule has 0 saturated carbocycles. The average molecular weight is 437 g/mol. The lowest BCUT2D eigenvalue weighted by Gasteiger charge is -2.26. The maximum Gasteiger partial charge on any atom is 0.263 e. The first kappa shape index (κ1) is 23.1. The summed E-state index contributed by atoms with van der Waals surface area (Å²) in [5.74, 6) is 0.997. The maximum absolute atomic E-state index is 13.3. The lowest BCUT2D eigenvalue weighted by molar-refractivity contribution is -0.134. The highest BCUT2D eigenvalue weighted by atomic mass is 16.5. The Bertz CT molecular complexity index is 1150. The highest BCUT2D eigenvalue weighted by molar-refractivity contribution is 6.15. The monoisotopic (exact) mass is 436 g/mol. The molecule has 1 aromatic heterocycles. The van der Waals surface area contributed by atoms with Gasteiger partial charge in [0.1, 0.15) is 11.4 Å². The van der Waals surface area contributed by atoms with E-state index in [0.29, 0.717) is 28.2 Å². The van der Waals surface area contributed by atoms with Gasteiger partial charge in [-0.05, 0) is 63.4 Å². The Balaban J connectivity index is 1.95. The van der Waals surface area contributed by atoms with Gasteiger partial charge in [-0.1, -0.05) is 12.1 Å². The van der Waals surface area contributed by atoms with Gasteiger partial charge in [-0.25, -0.2) is 0 Å². The Morgan fingerprint density at radius 3 is 2.34 bits per heavy atom. The number of pyridine rings is 1. The zero-order valence-corrected chi connectivity index (χ0v) is 19.2. The molecular formula is C25H28N2O5. The minimum Gasteiger partial charge on any atom is -0.493 e. The second-order valence-electron chi connectivity index (χ2n) is 8.19. The van der Waals surface area contributed by atoms with Gasteiger partial charge in [0.25, 0.3) is 5.91 Å². The first-order valence-electron chi connectivity index (χ1n) is 10.3. The number of nitrogens with zero attached hydrogens (tertiary/aromatic N) is 1. The van der Waals surface area contributed by atoms with Crippen LogP contribution in [0.15, 0.2) is 48.7 Å². The SMILES string of the molecule is COc1cc2ccnc(C(=O)c3cccc(OC(C)(C)C(=O)NC(C)C)c3)c2cc1OC. The number of hydrogen-bond donors (Lipinski definition) is 1. The van der Waals surface area contributed by atoms with Crippen LogP contribution < -0.4 is 19.5 Å². The normalized spacial score (nSPS) is 11.3. The molecule has 32 heavy (non-hydrogen) atoms. The maximum atomic E-state index is 13.3. The highest BCUT2D eigenvalue weighted by Crippen LogP contribution is 2.34. The second-order valence-corrected chi connectivity index (χ2v) is 8.19. The molecular weight excluding hydrogens is 408 g/mol. The third kappa shape index (κ3) is 4.82. The van der Waals surface area contributed by atoms with Crippen molar-refractivity contribution in [1.82, 2.24) is 10.3 Å². The van der Waals surface area contributed by atoms with E-state index in [1.165, 1.54) is 0 Å². The number of ketones is 1. The van der Waals surface area contributed by atoms with E-state index in [2.05, 4.69) is 10.3 Å². The molecule has 0 radical (unpaired) electrons. The Morgan fingerprint density at radius 2 is 1.69 bits per heavy atom. The van der Waals surface area contributed by atoms with Crippen molar-refractivity contribution in [1.29, 1.82) is 0 Å². The number of amides is 1. The fraction of sp³-hybridized carbons (Fsp3) is 0.320. The van der Waals surface area contributed by atoms with Gasteiger partial charge in [0.2, 0.25) is 5.78 Å². The van der Waals surface area contributed by atoms with Crippen molar-refractivity contribution in [2.45, 2.75) is 39.3 Å². The van der Waals surface area contributed by atoms with Crippen molar-refractivity contribution in [2.75, 3.05) is 14.2 Å². The number of nitrogens with one attached hydrogen (secondary N) is 1. The van der Waals surface area contributed by atoms with Crippen molar-refractivity contribution in [3.05, 3.63) is 59.9 Å². The van der Waals surface area contributed by atoms with Crippen molar-refractivity contribution in [2.24, 2.45) is 0 Å². The quantitative estimate of drug-likeness (QED) is 0.534. The molecule has 0 saturated heterocycles. The first-order chi connectivity index (χ1) is 15.2. The van der Waals surface area contributed by atoms with Gasteiger partial charge < -0.3 is 19.5 Å². The summed E-state index contributed by atoms with van der Waals surface area (Å²) >= 11 is 0. The van der Waals surface area contributed by atoms with Crippen LogP contribution in [0, 0.1) is 0 Å². The van der Waals surface area contributed by atoms with Gasteiger partial charge in [-0.15, -0.1) is 0 Å². The van der Waals surface area contributed by atoms with E-state index >= 15 is 0 Å². The molecule has 7 heteroatoms. The molecule has 0 aliphatic carbocycles. The molecule has 2 aromatic carbocycles. The van der Waals surface area contributed by atoms with Crippen LogP contribution in [0.3, 0.4) is 0 Å². The summed E-state index contributed by atoms with van der Waals surface area (Å²) in [6.45, 7) is 7.14. The van der Waals surface area contributed by atoms with E-state index in [4.69, 9.17) is 14.2 Å². The van der Waals surface area contributed by atoms with Crippen LogP contribution in [-0.4, -0.2) is 42.5 Å². The number of benzene rings is 2. The van der Waals surface area contributed by atoms with Gasteiger partial charge in [0.15, 0.2) is 17.1 Å². The zero-order chi connectivity index (χ0) is 23.5. The third-order valence-corrected chi connectivity index (χ3v) is 4.92. The molecule has 0 spiro atoms. The Hall–Kier alpha value is -3.61. The van der Waals surface area contributed by atoms with Crippen LogP contribution in [-0.2, 0) is 4.79 Å². The smallest absolute Gasteiger partial charge is 0.263 e. The molecule has 1 amide bonds. The van der Waals surface area contributed by atoms with E-state index in [0.717, 1.165) is 5.39 Å². The number of rotatable bonds is 8. The lowest BCUT2D eigenvalue weighted by Crippen LogP contribution is -2.48. The van der Waals surface area contributed by atoms with Gasteiger partial charge >= 0.3 is 0 Å². The molecule has 0 unspecified atom stereocenters. The number of ether oxygens (including phenoxy) is 3. The van der Waals surface area contributed by atoms with Crippen molar-refractivity contribution in [3.8, 4) is 17.2 Å². The minimum atomic E-state index is -1.10. The summed E-state index contributed by atoms with van der Waals surface area (Å²) in [7, 11) is 3.10. The van der Waals surface area contributed by atoms with Gasteiger partial charge in [0.05, 0.1) is 14.2 Å². The number of aromatic nitrogens is 1. The summed E-state index contributed by atoms with van der Waals surface area (Å²) in [6.07, 6.45) is 1.58. The van der Waals surface area contributed by atoms with Gasteiger partial charge in [-0.3, -0.25) is 14.6 Å². The molecule has 3 aromatic rings. The van der Waals surface area contributed by atoms with Crippen LogP contribution in [0.4, 0.5) is 0 Å². The second kappa shape index (κ2) is 9.26. The molecule has 168 valence electrons. The van der Waals surface area contributed by atoms with E-state index in [1.54, 1.807) is 64.6 Å². The van der Waals surface area contributed by atoms with Crippen LogP contribution >= 0.6 is 0 Å². The standard InChI is InChI=1S/C25H28N2O5/c1-15(2)27-24(29)25(3,4)32-18-9-7-8-17(12-18)23(28)22-19-14-21(31-6)20(30-5)13-16(19)10-11-26-22/h7-15H,1-6H3,(H,27,29). The van der Waals surface area contributed by atoms with Gasteiger partial charge in [0, 0.05) is 23.2 Å². The number of methoxy groups -OCH3 is 2. The molecule has 7 nitrogen and oxygen atoms in total. The topological polar surface area (TPSA) is 86.8 Å². The fourth-order valence-electron chi connectivity index (χ4n) is 3.29. The molecule has 0 fully saturated rings. The third-order valence-electron chi connectivity index (χ3n) is 4.92. The predicted octanol–water partition coefficient (Wildman–Crippen LogP) is 4.17. The predicted molar refractivity (Wildman–Crippen MR) is 123 cm³/mol. The lowest BCUT2D eigenvalue weighted by atomic mass is 10.0. The van der Waals surface area contributed by atoms with E-state index in [-0.39, 0.29) is 23.4 Å². The Kier molecular flexibility index (Phi) is 6.67. The highest BCUT2D eigenvalue weighted by Gasteiger charge is 2.30. The van der Waals surface area contributed by atoms with Crippen molar-refractivity contribution < 1.29 is 23.8 Å². The number of carbonyl (C=O) groups is 2. The van der Waals surface area contributed by atoms with Crippen LogP contribution in [0.2, 0.25) is 0 Å². The average Bonchev–Trinajstić information content (AvgIpc) is 2.76. The van der Waals surface area contributed by atoms with Crippen LogP contribution in [0.5, 0.6) is 17.2 Å². The minimum absolute atomic E-state index is 0.00802. The molecule has 1 heterocycles. The molecule has 0 bridgehead atoms.